The summed E-state index contributed by atoms with van der Waals surface area (Å²) in [5, 5.41) is 14.7. The number of aromatic nitrogens is 3. The van der Waals surface area contributed by atoms with E-state index in [4.69, 9.17) is 0 Å². The van der Waals surface area contributed by atoms with Gasteiger partial charge in [-0.25, -0.2) is 27.6 Å². The van der Waals surface area contributed by atoms with Gasteiger partial charge in [-0.3, -0.25) is 4.79 Å². The zero-order valence-corrected chi connectivity index (χ0v) is 22.5. The second-order valence-corrected chi connectivity index (χ2v) is 12.0. The quantitative estimate of drug-likeness (QED) is 0.280. The van der Waals surface area contributed by atoms with Gasteiger partial charge in [0.2, 0.25) is 0 Å². The van der Waals surface area contributed by atoms with Gasteiger partial charge in [0.1, 0.15) is 26.7 Å². The maximum Gasteiger partial charge on any atom is 0.326 e. The maximum absolute atomic E-state index is 13.7. The van der Waals surface area contributed by atoms with Crippen LogP contribution in [-0.2, 0) is 21.2 Å². The molecule has 0 unspecified atom stereocenters. The number of sulfone groups is 1. The number of rotatable bonds is 11. The first kappa shape index (κ1) is 27.9. The van der Waals surface area contributed by atoms with Crippen molar-refractivity contribution in [2.24, 2.45) is 0 Å². The molecule has 4 rings (SSSR count). The highest BCUT2D eigenvalue weighted by Gasteiger charge is 2.24. The zero-order chi connectivity index (χ0) is 28.0. The monoisotopic (exact) mass is 568 g/mol. The molecule has 9 nitrogen and oxygen atoms in total. The Hall–Kier alpha value is -4.16. The highest BCUT2D eigenvalue weighted by atomic mass is 32.2. The van der Waals surface area contributed by atoms with Crippen LogP contribution in [0.3, 0.4) is 0 Å². The number of nitrogens with zero attached hydrogens (tertiary/aromatic N) is 3. The van der Waals surface area contributed by atoms with Gasteiger partial charge in [-0.1, -0.05) is 18.2 Å². The molecule has 2 aromatic carbocycles. The number of halogens is 1. The Bertz CT molecular complexity index is 1580. The third-order valence-corrected chi connectivity index (χ3v) is 7.61. The maximum atomic E-state index is 13.7. The van der Waals surface area contributed by atoms with Crippen LogP contribution in [-0.4, -0.2) is 58.0 Å². The minimum atomic E-state index is -3.43. The number of carbonyl (C=O) groups is 2. The van der Waals surface area contributed by atoms with Gasteiger partial charge in [-0.2, -0.15) is 0 Å². The number of amides is 1. The summed E-state index contributed by atoms with van der Waals surface area (Å²) in [6.07, 6.45) is 9.57. The Labute approximate surface area is 228 Å². The molecule has 0 saturated heterocycles. The summed E-state index contributed by atoms with van der Waals surface area (Å²) in [5.74, 6) is -2.87. The Morgan fingerprint density at radius 1 is 1.18 bits per heavy atom. The van der Waals surface area contributed by atoms with E-state index in [9.17, 15) is 27.5 Å². The summed E-state index contributed by atoms with van der Waals surface area (Å²) < 4.78 is 38.7. The van der Waals surface area contributed by atoms with Crippen LogP contribution in [0, 0.1) is 5.82 Å². The van der Waals surface area contributed by atoms with E-state index in [1.807, 2.05) is 22.2 Å². The van der Waals surface area contributed by atoms with Crippen molar-refractivity contribution in [2.75, 3.05) is 12.0 Å². The third kappa shape index (κ3) is 7.68. The Morgan fingerprint density at radius 3 is 2.56 bits per heavy atom. The van der Waals surface area contributed by atoms with E-state index in [-0.39, 0.29) is 12.0 Å². The van der Waals surface area contributed by atoms with Gasteiger partial charge in [-0.05, 0) is 53.5 Å². The lowest BCUT2D eigenvalue weighted by molar-refractivity contribution is -0.139. The number of carbonyl (C=O) groups excluding carboxylic acids is 1. The average Bonchev–Trinajstić information content (AvgIpc) is 3.60. The average molecular weight is 569 g/mol. The second-order valence-electron chi connectivity index (χ2n) is 8.84. The molecule has 0 fully saturated rings. The fourth-order valence-electron chi connectivity index (χ4n) is 3.88. The summed E-state index contributed by atoms with van der Waals surface area (Å²) in [4.78, 5) is 33.5. The van der Waals surface area contributed by atoms with E-state index >= 15 is 0 Å². The number of thiazole rings is 1. The second kappa shape index (κ2) is 12.1. The molecule has 0 spiro atoms. The van der Waals surface area contributed by atoms with Crippen LogP contribution in [0.2, 0.25) is 0 Å². The van der Waals surface area contributed by atoms with Gasteiger partial charge in [0.25, 0.3) is 5.91 Å². The summed E-state index contributed by atoms with van der Waals surface area (Å²) in [6, 6.07) is 9.23. The fraction of sp³-hybridized carbons (Fsp3) is 0.185. The SMILES string of the molecule is CS(=O)(=O)CC[C@H](NC(=O)c1ccc(/C=C(/Cn2ccnc2)c2nccs2)cc1-c1ccc(F)cc1)C(=O)O. The lowest BCUT2D eigenvalue weighted by Gasteiger charge is -2.17. The van der Waals surface area contributed by atoms with E-state index in [2.05, 4.69) is 15.3 Å². The van der Waals surface area contributed by atoms with Crippen LogP contribution in [0.4, 0.5) is 4.39 Å². The van der Waals surface area contributed by atoms with Crippen LogP contribution >= 0.6 is 11.3 Å². The number of imidazole rings is 1. The standard InChI is InChI=1S/C27H25FN4O5S2/c1-39(36,37)13-8-24(27(34)35)31-25(33)22-7-2-18(15-23(22)19-3-5-21(28)6-4-19)14-20(26-30-10-12-38-26)16-32-11-9-29-17-32/h2-7,9-12,14-15,17,24H,8,13,16H2,1H3,(H,31,33)(H,34,35)/b20-14-/t24-/m0/s1. The van der Waals surface area contributed by atoms with Gasteiger partial charge in [0.15, 0.2) is 0 Å². The first-order valence-corrected chi connectivity index (χ1v) is 14.7. The summed E-state index contributed by atoms with van der Waals surface area (Å²) in [6.45, 7) is 0.502. The van der Waals surface area contributed by atoms with E-state index < -0.39 is 39.3 Å². The van der Waals surface area contributed by atoms with E-state index in [1.165, 1.54) is 35.6 Å². The van der Waals surface area contributed by atoms with Crippen LogP contribution < -0.4 is 5.32 Å². The molecule has 2 aromatic heterocycles. The number of allylic oxidation sites excluding steroid dienone is 1. The molecule has 39 heavy (non-hydrogen) atoms. The number of carboxylic acids is 1. The van der Waals surface area contributed by atoms with Gasteiger partial charge >= 0.3 is 5.97 Å². The first-order valence-electron chi connectivity index (χ1n) is 11.8. The first-order chi connectivity index (χ1) is 18.6. The number of benzene rings is 2. The summed E-state index contributed by atoms with van der Waals surface area (Å²) >= 11 is 1.48. The van der Waals surface area contributed by atoms with Crippen LogP contribution in [0.25, 0.3) is 22.8 Å². The minimum absolute atomic E-state index is 0.162. The summed E-state index contributed by atoms with van der Waals surface area (Å²) in [7, 11) is -3.43. The molecule has 2 N–H and O–H groups in total. The van der Waals surface area contributed by atoms with Gasteiger partial charge in [0.05, 0.1) is 18.6 Å². The number of carboxylic acid groups (broad SMARTS) is 1. The van der Waals surface area contributed by atoms with Crippen molar-refractivity contribution in [3.8, 4) is 11.1 Å². The van der Waals surface area contributed by atoms with Crippen LogP contribution in [0.5, 0.6) is 0 Å². The Balaban J connectivity index is 1.72. The molecular formula is C27H25FN4O5S2. The van der Waals surface area contributed by atoms with Gasteiger partial charge in [0, 0.05) is 41.4 Å². The van der Waals surface area contributed by atoms with E-state index in [0.717, 1.165) is 22.4 Å². The topological polar surface area (TPSA) is 131 Å². The molecule has 0 bridgehead atoms. The zero-order valence-electron chi connectivity index (χ0n) is 20.8. The number of aliphatic carboxylic acids is 1. The lowest BCUT2D eigenvalue weighted by atomic mass is 9.95. The molecule has 0 aliphatic carbocycles. The summed E-state index contributed by atoms with van der Waals surface area (Å²) in [5.41, 5.74) is 2.80. The normalized spacial score (nSPS) is 12.7. The molecular weight excluding hydrogens is 543 g/mol. The van der Waals surface area contributed by atoms with Crippen molar-refractivity contribution in [2.45, 2.75) is 19.0 Å². The number of hydrogen-bond donors (Lipinski definition) is 2. The van der Waals surface area contributed by atoms with Gasteiger partial charge in [-0.15, -0.1) is 11.3 Å². The predicted molar refractivity (Wildman–Crippen MR) is 147 cm³/mol. The molecule has 0 saturated carbocycles. The Kier molecular flexibility index (Phi) is 8.67. The molecule has 12 heteroatoms. The smallest absolute Gasteiger partial charge is 0.326 e. The molecule has 2 heterocycles. The molecule has 1 amide bonds. The fourth-order valence-corrected chi connectivity index (χ4v) is 5.19. The van der Waals surface area contributed by atoms with Crippen molar-refractivity contribution >= 4 is 44.7 Å². The molecule has 202 valence electrons. The molecule has 4 aromatic rings. The number of nitrogens with one attached hydrogen (secondary N) is 1. The minimum Gasteiger partial charge on any atom is -0.480 e. The van der Waals surface area contributed by atoms with Crippen molar-refractivity contribution in [1.82, 2.24) is 19.9 Å². The van der Waals surface area contributed by atoms with Crippen molar-refractivity contribution in [1.29, 1.82) is 0 Å². The van der Waals surface area contributed by atoms with Gasteiger partial charge < -0.3 is 15.0 Å². The van der Waals surface area contributed by atoms with E-state index in [0.29, 0.717) is 17.7 Å². The molecule has 1 atom stereocenters. The van der Waals surface area contributed by atoms with Crippen LogP contribution in [0.15, 0.2) is 72.8 Å². The number of hydrogen-bond acceptors (Lipinski definition) is 7. The van der Waals surface area contributed by atoms with Crippen molar-refractivity contribution < 1.29 is 27.5 Å². The molecule has 0 radical (unpaired) electrons. The Morgan fingerprint density at radius 2 is 1.95 bits per heavy atom. The van der Waals surface area contributed by atoms with Crippen LogP contribution in [0.1, 0.15) is 27.3 Å². The molecule has 0 aliphatic heterocycles. The van der Waals surface area contributed by atoms with Crippen molar-refractivity contribution in [3.05, 3.63) is 94.7 Å². The molecule has 0 aliphatic rings. The van der Waals surface area contributed by atoms with E-state index in [1.54, 1.807) is 36.9 Å². The third-order valence-electron chi connectivity index (χ3n) is 5.78. The highest BCUT2D eigenvalue weighted by Crippen LogP contribution is 2.29. The lowest BCUT2D eigenvalue weighted by Crippen LogP contribution is -2.42. The largest absolute Gasteiger partial charge is 0.480 e. The predicted octanol–water partition coefficient (Wildman–Crippen LogP) is 4.00. The highest BCUT2D eigenvalue weighted by molar-refractivity contribution is 7.90. The van der Waals surface area contributed by atoms with Crippen molar-refractivity contribution in [3.63, 3.8) is 0 Å².